The van der Waals surface area contributed by atoms with Crippen LogP contribution < -0.4 is 19.6 Å². The van der Waals surface area contributed by atoms with Crippen LogP contribution >= 0.6 is 27.3 Å². The molecule has 0 unspecified atom stereocenters. The van der Waals surface area contributed by atoms with Crippen molar-refractivity contribution in [1.82, 2.24) is 4.57 Å². The number of allylic oxidation sites excluding steroid dienone is 1. The van der Waals surface area contributed by atoms with E-state index in [4.69, 9.17) is 14.1 Å². The molecule has 1 atom stereocenters. The van der Waals surface area contributed by atoms with Gasteiger partial charge in [-0.25, -0.2) is 4.99 Å². The number of methoxy groups -OCH3 is 1. The van der Waals surface area contributed by atoms with Crippen LogP contribution in [0.1, 0.15) is 34.9 Å². The Kier molecular flexibility index (Phi) is 5.98. The lowest BCUT2D eigenvalue weighted by Crippen LogP contribution is -2.38. The van der Waals surface area contributed by atoms with Gasteiger partial charge in [-0.15, -0.1) is 0 Å². The van der Waals surface area contributed by atoms with Crippen molar-refractivity contribution in [2.24, 2.45) is 4.99 Å². The Morgan fingerprint density at radius 1 is 1.03 bits per heavy atom. The molecule has 7 heteroatoms. The number of aryl methyl sites for hydroxylation is 1. The molecule has 1 aliphatic carbocycles. The fourth-order valence-electron chi connectivity index (χ4n) is 5.55. The van der Waals surface area contributed by atoms with E-state index >= 15 is 0 Å². The Morgan fingerprint density at radius 2 is 1.87 bits per heavy atom. The van der Waals surface area contributed by atoms with Crippen LogP contribution in [-0.4, -0.2) is 11.7 Å². The number of halogens is 1. The van der Waals surface area contributed by atoms with Crippen LogP contribution in [0, 0.1) is 0 Å². The van der Waals surface area contributed by atoms with Crippen molar-refractivity contribution in [2.75, 3.05) is 7.11 Å². The van der Waals surface area contributed by atoms with Crippen LogP contribution in [-0.2, 0) is 6.42 Å². The quantitative estimate of drug-likeness (QED) is 0.243. The normalized spacial score (nSPS) is 16.4. The highest BCUT2D eigenvalue weighted by atomic mass is 79.9. The number of nitrogens with zero attached hydrogens (tertiary/aromatic N) is 2. The largest absolute Gasteiger partial charge is 0.496 e. The molecular weight excluding hydrogens is 572 g/mol. The first kappa shape index (κ1) is 24.1. The summed E-state index contributed by atoms with van der Waals surface area (Å²) in [6.45, 7) is 0. The average Bonchev–Trinajstić information content (AvgIpc) is 3.56. The summed E-state index contributed by atoms with van der Waals surface area (Å²) >= 11 is 4.91. The fraction of sp³-hybridized carbons (Fsp3) is 0.125. The minimum Gasteiger partial charge on any atom is -0.496 e. The van der Waals surface area contributed by atoms with Crippen molar-refractivity contribution in [1.29, 1.82) is 0 Å². The van der Waals surface area contributed by atoms with E-state index in [2.05, 4.69) is 40.2 Å². The lowest BCUT2D eigenvalue weighted by molar-refractivity contribution is 0.402. The third kappa shape index (κ3) is 4.13. The maximum absolute atomic E-state index is 14.0. The van der Waals surface area contributed by atoms with E-state index in [1.807, 2.05) is 71.3 Å². The molecule has 3 heterocycles. The molecule has 0 spiro atoms. The molecule has 1 aliphatic heterocycles. The zero-order chi connectivity index (χ0) is 26.5. The number of benzene rings is 3. The van der Waals surface area contributed by atoms with E-state index < -0.39 is 0 Å². The second-order valence-electron chi connectivity index (χ2n) is 9.57. The predicted octanol–water partition coefficient (Wildman–Crippen LogP) is 6.35. The van der Waals surface area contributed by atoms with Gasteiger partial charge >= 0.3 is 0 Å². The summed E-state index contributed by atoms with van der Waals surface area (Å²) in [6, 6.07) is 27.9. The van der Waals surface area contributed by atoms with Crippen molar-refractivity contribution in [3.63, 3.8) is 0 Å². The number of aromatic nitrogens is 1. The maximum atomic E-state index is 14.0. The van der Waals surface area contributed by atoms with Crippen molar-refractivity contribution in [3.8, 4) is 17.1 Å². The van der Waals surface area contributed by atoms with Crippen LogP contribution in [0.5, 0.6) is 5.75 Å². The Morgan fingerprint density at radius 3 is 2.74 bits per heavy atom. The number of rotatable bonds is 4. The summed E-state index contributed by atoms with van der Waals surface area (Å²) in [7, 11) is 1.67. The second kappa shape index (κ2) is 9.67. The number of hydrogen-bond acceptors (Lipinski definition) is 5. The number of ether oxygens (including phenoxy) is 1. The van der Waals surface area contributed by atoms with E-state index in [-0.39, 0.29) is 11.6 Å². The third-order valence-electron chi connectivity index (χ3n) is 7.32. The van der Waals surface area contributed by atoms with E-state index in [0.717, 1.165) is 56.8 Å². The van der Waals surface area contributed by atoms with E-state index in [9.17, 15) is 4.79 Å². The zero-order valence-corrected chi connectivity index (χ0v) is 23.5. The van der Waals surface area contributed by atoms with Crippen molar-refractivity contribution in [3.05, 3.63) is 137 Å². The summed E-state index contributed by atoms with van der Waals surface area (Å²) in [4.78, 5) is 19.8. The van der Waals surface area contributed by atoms with Gasteiger partial charge in [0.05, 0.1) is 23.4 Å². The predicted molar refractivity (Wildman–Crippen MR) is 158 cm³/mol. The highest BCUT2D eigenvalue weighted by Gasteiger charge is 2.34. The van der Waals surface area contributed by atoms with E-state index in [0.29, 0.717) is 15.1 Å². The van der Waals surface area contributed by atoms with E-state index in [1.54, 1.807) is 7.11 Å². The molecular formula is C32H23BrN2O3S. The number of para-hydroxylation sites is 1. The van der Waals surface area contributed by atoms with Crippen LogP contribution in [0.25, 0.3) is 23.1 Å². The third-order valence-corrected chi connectivity index (χ3v) is 8.79. The van der Waals surface area contributed by atoms with Gasteiger partial charge in [-0.1, -0.05) is 81.9 Å². The van der Waals surface area contributed by atoms with Crippen LogP contribution in [0.3, 0.4) is 0 Å². The molecule has 0 saturated carbocycles. The van der Waals surface area contributed by atoms with Gasteiger partial charge in [0, 0.05) is 27.2 Å². The van der Waals surface area contributed by atoms with Gasteiger partial charge in [0.25, 0.3) is 5.56 Å². The average molecular weight is 596 g/mol. The molecule has 0 amide bonds. The molecule has 0 radical (unpaired) electrons. The molecule has 2 aromatic heterocycles. The van der Waals surface area contributed by atoms with E-state index in [1.165, 1.54) is 16.9 Å². The minimum atomic E-state index is -0.295. The maximum Gasteiger partial charge on any atom is 0.271 e. The molecule has 7 rings (SSSR count). The first-order chi connectivity index (χ1) is 19.1. The van der Waals surface area contributed by atoms with Crippen molar-refractivity contribution < 1.29 is 9.15 Å². The minimum absolute atomic E-state index is 0.0829. The molecule has 0 saturated heterocycles. The number of fused-ring (bicyclic) bond motifs is 3. The Labute approximate surface area is 237 Å². The smallest absolute Gasteiger partial charge is 0.271 e. The number of hydrogen-bond donors (Lipinski definition) is 0. The molecule has 5 aromatic rings. The summed E-state index contributed by atoms with van der Waals surface area (Å²) < 4.78 is 15.3. The topological polar surface area (TPSA) is 56.7 Å². The standard InChI is InChI=1S/C32H23BrN2O3S/c1-37-27-12-5-4-11-24(27)30-25-15-13-19-7-2-3-10-23(19)29(25)34-32-35(30)31(36)28(39-32)18-22-14-16-26(38-22)20-8-6-9-21(33)17-20/h2-12,14,16-18,30H,13,15H2,1H3/b28-18-/t30-/m1/s1. The lowest BCUT2D eigenvalue weighted by atomic mass is 9.83. The first-order valence-corrected chi connectivity index (χ1v) is 14.3. The molecule has 2 aliphatic rings. The first-order valence-electron chi connectivity index (χ1n) is 12.7. The Bertz CT molecular complexity index is 1960. The van der Waals surface area contributed by atoms with Gasteiger partial charge in [-0.3, -0.25) is 9.36 Å². The molecule has 39 heavy (non-hydrogen) atoms. The Balaban J connectivity index is 1.42. The summed E-state index contributed by atoms with van der Waals surface area (Å²) in [5.41, 5.74) is 6.38. The lowest BCUT2D eigenvalue weighted by Gasteiger charge is -2.31. The zero-order valence-electron chi connectivity index (χ0n) is 21.1. The molecule has 0 N–H and O–H groups in total. The summed E-state index contributed by atoms with van der Waals surface area (Å²) in [5.74, 6) is 2.13. The van der Waals surface area contributed by atoms with Crippen LogP contribution in [0.15, 0.2) is 109 Å². The number of thiazole rings is 1. The second-order valence-corrected chi connectivity index (χ2v) is 11.5. The van der Waals surface area contributed by atoms with Crippen LogP contribution in [0.2, 0.25) is 0 Å². The van der Waals surface area contributed by atoms with Gasteiger partial charge in [0.2, 0.25) is 0 Å². The van der Waals surface area contributed by atoms with Crippen molar-refractivity contribution in [2.45, 2.75) is 18.9 Å². The fourth-order valence-corrected chi connectivity index (χ4v) is 6.93. The molecule has 192 valence electrons. The molecule has 0 fully saturated rings. The summed E-state index contributed by atoms with van der Waals surface area (Å²) in [5, 5.41) is 0. The van der Waals surface area contributed by atoms with Gasteiger partial charge in [-0.05, 0) is 54.3 Å². The van der Waals surface area contributed by atoms with Gasteiger partial charge in [0.1, 0.15) is 17.3 Å². The molecule has 3 aromatic carbocycles. The molecule has 0 bridgehead atoms. The highest BCUT2D eigenvalue weighted by Crippen LogP contribution is 2.43. The number of furan rings is 1. The summed E-state index contributed by atoms with van der Waals surface area (Å²) in [6.07, 6.45) is 3.56. The van der Waals surface area contributed by atoms with Crippen molar-refractivity contribution >= 4 is 39.0 Å². The highest BCUT2D eigenvalue weighted by molar-refractivity contribution is 9.10. The van der Waals surface area contributed by atoms with Gasteiger partial charge < -0.3 is 9.15 Å². The van der Waals surface area contributed by atoms with Gasteiger partial charge in [0.15, 0.2) is 4.80 Å². The SMILES string of the molecule is COc1ccccc1[C@@H]1C2=C(N=c3s/c(=C\c4ccc(-c5cccc(Br)c5)o4)c(=O)n31)c1ccccc1CC2. The van der Waals surface area contributed by atoms with Crippen LogP contribution in [0.4, 0.5) is 0 Å². The Hall–Kier alpha value is -3.94. The molecule has 5 nitrogen and oxygen atoms in total. The monoisotopic (exact) mass is 594 g/mol. The van der Waals surface area contributed by atoms with Gasteiger partial charge in [-0.2, -0.15) is 0 Å².